The van der Waals surface area contributed by atoms with Crippen LogP contribution in [0.2, 0.25) is 0 Å². The number of azide groups is 2. The molecule has 0 spiro atoms. The quantitative estimate of drug-likeness (QED) is 0.292. The molecular formula is C18H21N9O3S. The largest absolute Gasteiger partial charge is 0.395 e. The van der Waals surface area contributed by atoms with Gasteiger partial charge < -0.3 is 10.0 Å². The summed E-state index contributed by atoms with van der Waals surface area (Å²) in [6.45, 7) is 1.06. The highest BCUT2D eigenvalue weighted by Gasteiger charge is 2.13. The summed E-state index contributed by atoms with van der Waals surface area (Å²) in [4.78, 5) is 7.52. The van der Waals surface area contributed by atoms with Crippen molar-refractivity contribution >= 4 is 26.9 Å². The molecule has 0 aromatic heterocycles. The van der Waals surface area contributed by atoms with Crippen molar-refractivity contribution < 1.29 is 13.5 Å². The predicted molar refractivity (Wildman–Crippen MR) is 116 cm³/mol. The van der Waals surface area contributed by atoms with Crippen LogP contribution in [0.4, 0.5) is 17.1 Å². The second-order valence-corrected chi connectivity index (χ2v) is 8.26. The van der Waals surface area contributed by atoms with Gasteiger partial charge in [-0.2, -0.15) is 10.2 Å². The summed E-state index contributed by atoms with van der Waals surface area (Å²) in [5.74, 6) is -0.330. The fourth-order valence-corrected chi connectivity index (χ4v) is 3.62. The number of benzene rings is 2. The second-order valence-electron chi connectivity index (χ2n) is 6.15. The number of anilines is 1. The fourth-order valence-electron chi connectivity index (χ4n) is 2.59. The minimum absolute atomic E-state index is 0.117. The summed E-state index contributed by atoms with van der Waals surface area (Å²) in [7, 11) is -3.50. The molecule has 162 valence electrons. The minimum atomic E-state index is -3.50. The van der Waals surface area contributed by atoms with E-state index in [1.165, 1.54) is 24.3 Å². The molecule has 0 saturated heterocycles. The summed E-state index contributed by atoms with van der Waals surface area (Å²) in [6, 6.07) is 13.1. The molecule has 0 fully saturated rings. The van der Waals surface area contributed by atoms with Crippen molar-refractivity contribution in [3.05, 3.63) is 69.4 Å². The first-order valence-corrected chi connectivity index (χ1v) is 10.9. The number of rotatable bonds is 12. The number of aliphatic hydroxyl groups excluding tert-OH is 1. The maximum Gasteiger partial charge on any atom is 0.180 e. The van der Waals surface area contributed by atoms with Crippen molar-refractivity contribution in [1.82, 2.24) is 0 Å². The van der Waals surface area contributed by atoms with E-state index in [9.17, 15) is 8.42 Å². The number of sulfone groups is 1. The van der Waals surface area contributed by atoms with Gasteiger partial charge >= 0.3 is 0 Å². The number of hydrogen-bond acceptors (Lipinski definition) is 8. The van der Waals surface area contributed by atoms with Crippen LogP contribution in [-0.2, 0) is 9.84 Å². The molecule has 0 aliphatic carbocycles. The van der Waals surface area contributed by atoms with Crippen LogP contribution in [0.15, 0.2) is 73.9 Å². The third-order valence-electron chi connectivity index (χ3n) is 4.12. The van der Waals surface area contributed by atoms with Gasteiger partial charge in [-0.1, -0.05) is 10.2 Å². The van der Waals surface area contributed by atoms with Crippen LogP contribution in [0.25, 0.3) is 20.9 Å². The van der Waals surface area contributed by atoms with Gasteiger partial charge in [0.2, 0.25) is 0 Å². The Hall–Kier alpha value is -3.63. The van der Waals surface area contributed by atoms with E-state index in [1.807, 2.05) is 17.0 Å². The van der Waals surface area contributed by atoms with E-state index in [4.69, 9.17) is 16.2 Å². The molecule has 0 unspecified atom stereocenters. The number of aliphatic hydroxyl groups is 1. The van der Waals surface area contributed by atoms with Crippen molar-refractivity contribution in [1.29, 1.82) is 0 Å². The number of hydrogen-bond donors (Lipinski definition) is 1. The zero-order valence-electron chi connectivity index (χ0n) is 16.6. The van der Waals surface area contributed by atoms with Crippen LogP contribution < -0.4 is 4.90 Å². The van der Waals surface area contributed by atoms with Gasteiger partial charge in [0, 0.05) is 41.7 Å². The van der Waals surface area contributed by atoms with Crippen LogP contribution in [-0.4, -0.2) is 52.1 Å². The Morgan fingerprint density at radius 1 is 0.839 bits per heavy atom. The van der Waals surface area contributed by atoms with Crippen molar-refractivity contribution in [2.24, 2.45) is 20.5 Å². The van der Waals surface area contributed by atoms with E-state index in [1.54, 1.807) is 12.1 Å². The zero-order valence-corrected chi connectivity index (χ0v) is 17.4. The maximum absolute atomic E-state index is 11.9. The van der Waals surface area contributed by atoms with Gasteiger partial charge in [0.25, 0.3) is 0 Å². The highest BCUT2D eigenvalue weighted by molar-refractivity contribution is 7.91. The normalized spacial score (nSPS) is 11.0. The molecule has 13 heteroatoms. The molecule has 31 heavy (non-hydrogen) atoms. The monoisotopic (exact) mass is 443 g/mol. The smallest absolute Gasteiger partial charge is 0.180 e. The third kappa shape index (κ3) is 7.61. The molecule has 0 amide bonds. The number of nitrogens with zero attached hydrogens (tertiary/aromatic N) is 9. The highest BCUT2D eigenvalue weighted by Crippen LogP contribution is 2.23. The van der Waals surface area contributed by atoms with Gasteiger partial charge in [-0.15, -0.1) is 0 Å². The van der Waals surface area contributed by atoms with E-state index in [-0.39, 0.29) is 23.7 Å². The third-order valence-corrected chi connectivity index (χ3v) is 5.83. The molecular weight excluding hydrogens is 422 g/mol. The first kappa shape index (κ1) is 23.6. The summed E-state index contributed by atoms with van der Waals surface area (Å²) >= 11 is 0. The van der Waals surface area contributed by atoms with Crippen LogP contribution in [0.5, 0.6) is 0 Å². The molecule has 0 heterocycles. The Labute approximate surface area is 179 Å². The molecule has 0 atom stereocenters. The highest BCUT2D eigenvalue weighted by atomic mass is 32.2. The summed E-state index contributed by atoms with van der Waals surface area (Å²) in [5.41, 5.74) is 18.8. The van der Waals surface area contributed by atoms with Gasteiger partial charge in [-0.3, -0.25) is 0 Å². The molecule has 12 nitrogen and oxygen atoms in total. The standard InChI is InChI=1S/C18H21N9O3S/c19-25-21-9-11-27(12-10-22-26-20)17-5-1-15(2-6-17)23-24-16-3-7-18(8-4-16)31(29,30)14-13-28/h1-8,28H,9-14H2. The van der Waals surface area contributed by atoms with E-state index in [0.29, 0.717) is 24.5 Å². The first-order chi connectivity index (χ1) is 15.0. The summed E-state index contributed by atoms with van der Waals surface area (Å²) in [6.07, 6.45) is 0. The molecule has 0 bridgehead atoms. The molecule has 0 saturated carbocycles. The SMILES string of the molecule is [N-]=[N+]=NCCN(CCN=[N+]=[N-])c1ccc(N=Nc2ccc(S(=O)(=O)CCO)cc2)cc1. The molecule has 2 aromatic carbocycles. The van der Waals surface area contributed by atoms with Gasteiger partial charge in [0.1, 0.15) is 0 Å². The van der Waals surface area contributed by atoms with Crippen LogP contribution >= 0.6 is 0 Å². The molecule has 0 radical (unpaired) electrons. The molecule has 2 aromatic rings. The number of azo groups is 1. The van der Waals surface area contributed by atoms with E-state index in [2.05, 4.69) is 30.3 Å². The first-order valence-electron chi connectivity index (χ1n) is 9.22. The topological polar surface area (TPSA) is 180 Å². The van der Waals surface area contributed by atoms with Crippen molar-refractivity contribution in [2.75, 3.05) is 43.4 Å². The van der Waals surface area contributed by atoms with Gasteiger partial charge in [-0.25, -0.2) is 8.42 Å². The average molecular weight is 443 g/mol. The van der Waals surface area contributed by atoms with Gasteiger partial charge in [0.05, 0.1) is 28.6 Å². The zero-order chi connectivity index (χ0) is 22.5. The average Bonchev–Trinajstić information content (AvgIpc) is 2.77. The fraction of sp³-hybridized carbons (Fsp3) is 0.333. The van der Waals surface area contributed by atoms with Crippen molar-refractivity contribution in [2.45, 2.75) is 4.90 Å². The predicted octanol–water partition coefficient (Wildman–Crippen LogP) is 4.30. The van der Waals surface area contributed by atoms with E-state index in [0.717, 1.165) is 5.69 Å². The Bertz CT molecular complexity index is 1050. The Balaban J connectivity index is 2.08. The lowest BCUT2D eigenvalue weighted by molar-refractivity contribution is 0.319. The van der Waals surface area contributed by atoms with Crippen molar-refractivity contribution in [3.8, 4) is 0 Å². The van der Waals surface area contributed by atoms with Crippen LogP contribution in [0, 0.1) is 0 Å². The summed E-state index contributed by atoms with van der Waals surface area (Å²) in [5, 5.41) is 24.1. The van der Waals surface area contributed by atoms with E-state index < -0.39 is 16.4 Å². The lowest BCUT2D eigenvalue weighted by atomic mass is 10.2. The molecule has 2 rings (SSSR count). The van der Waals surface area contributed by atoms with Crippen molar-refractivity contribution in [3.63, 3.8) is 0 Å². The van der Waals surface area contributed by atoms with Gasteiger partial charge in [0.15, 0.2) is 9.84 Å². The van der Waals surface area contributed by atoms with E-state index >= 15 is 0 Å². The lowest BCUT2D eigenvalue weighted by Gasteiger charge is -2.23. The summed E-state index contributed by atoms with van der Waals surface area (Å²) < 4.78 is 23.8. The maximum atomic E-state index is 11.9. The van der Waals surface area contributed by atoms with Crippen LogP contribution in [0.3, 0.4) is 0 Å². The van der Waals surface area contributed by atoms with Gasteiger partial charge in [-0.05, 0) is 59.6 Å². The molecule has 0 aliphatic heterocycles. The Morgan fingerprint density at radius 2 is 1.32 bits per heavy atom. The molecule has 0 aliphatic rings. The van der Waals surface area contributed by atoms with Crippen LogP contribution in [0.1, 0.15) is 0 Å². The minimum Gasteiger partial charge on any atom is -0.395 e. The Kier molecular flexibility index (Phi) is 9.27. The Morgan fingerprint density at radius 3 is 1.77 bits per heavy atom. The lowest BCUT2D eigenvalue weighted by Crippen LogP contribution is -2.28. The second kappa shape index (κ2) is 12.2. The molecule has 1 N–H and O–H groups in total.